The Morgan fingerprint density at radius 1 is 1.17 bits per heavy atom. The van der Waals surface area contributed by atoms with Crippen LogP contribution in [-0.4, -0.2) is 59.4 Å². The van der Waals surface area contributed by atoms with Gasteiger partial charge in [0, 0.05) is 56.2 Å². The molecule has 0 radical (unpaired) electrons. The van der Waals surface area contributed by atoms with E-state index in [4.69, 9.17) is 21.1 Å². The number of methoxy groups -OCH3 is 1. The Labute approximate surface area is 175 Å². The monoisotopic (exact) mass is 413 g/mol. The van der Waals surface area contributed by atoms with Crippen molar-refractivity contribution in [1.82, 2.24) is 19.5 Å². The normalized spacial score (nSPS) is 14.9. The van der Waals surface area contributed by atoms with Crippen molar-refractivity contribution in [2.75, 3.05) is 44.8 Å². The van der Waals surface area contributed by atoms with Crippen molar-refractivity contribution in [3.05, 3.63) is 59.9 Å². The Bertz CT molecular complexity index is 998. The van der Waals surface area contributed by atoms with E-state index >= 15 is 0 Å². The summed E-state index contributed by atoms with van der Waals surface area (Å²) in [5.74, 6) is 2.29. The maximum atomic E-state index is 6.51. The van der Waals surface area contributed by atoms with Gasteiger partial charge in [0.15, 0.2) is 17.1 Å². The number of nitrogens with zero attached hydrogens (tertiary/aromatic N) is 5. The second-order valence-corrected chi connectivity index (χ2v) is 7.29. The standard InChI is InChI=1S/C21H24ClN5O2/c1-3-12-29-19-14-17(22)16(13-18(19)28-2)15-25-8-10-26(11-9-25)21-5-4-20-23-6-7-27(20)24-21/h3-7,13-14H,1,8-12,15H2,2H3. The molecule has 0 amide bonds. The number of imidazole rings is 1. The van der Waals surface area contributed by atoms with Crippen molar-refractivity contribution in [2.45, 2.75) is 6.54 Å². The third kappa shape index (κ3) is 4.31. The lowest BCUT2D eigenvalue weighted by Gasteiger charge is -2.35. The molecule has 0 spiro atoms. The minimum atomic E-state index is 0.410. The minimum absolute atomic E-state index is 0.410. The van der Waals surface area contributed by atoms with Gasteiger partial charge in [-0.2, -0.15) is 0 Å². The first-order chi connectivity index (χ1) is 14.2. The molecule has 1 fully saturated rings. The van der Waals surface area contributed by atoms with Crippen LogP contribution < -0.4 is 14.4 Å². The number of benzene rings is 1. The molecule has 0 bridgehead atoms. The lowest BCUT2D eigenvalue weighted by atomic mass is 10.1. The molecule has 0 N–H and O–H groups in total. The molecule has 2 aromatic heterocycles. The predicted octanol–water partition coefficient (Wildman–Crippen LogP) is 3.28. The van der Waals surface area contributed by atoms with Crippen molar-refractivity contribution < 1.29 is 9.47 Å². The highest BCUT2D eigenvalue weighted by Gasteiger charge is 2.20. The lowest BCUT2D eigenvalue weighted by Crippen LogP contribution is -2.46. The summed E-state index contributed by atoms with van der Waals surface area (Å²) in [6.45, 7) is 8.51. The molecule has 152 valence electrons. The predicted molar refractivity (Wildman–Crippen MR) is 114 cm³/mol. The maximum absolute atomic E-state index is 6.51. The Balaban J connectivity index is 1.40. The van der Waals surface area contributed by atoms with E-state index in [1.807, 2.05) is 35.0 Å². The second kappa shape index (κ2) is 8.71. The molecule has 4 rings (SSSR count). The summed E-state index contributed by atoms with van der Waals surface area (Å²) in [5, 5.41) is 5.32. The molecular formula is C21H24ClN5O2. The number of rotatable bonds is 7. The van der Waals surface area contributed by atoms with E-state index in [1.165, 1.54) is 0 Å². The summed E-state index contributed by atoms with van der Waals surface area (Å²) in [4.78, 5) is 8.93. The van der Waals surface area contributed by atoms with Gasteiger partial charge in [-0.05, 0) is 23.8 Å². The van der Waals surface area contributed by atoms with Crippen LogP contribution in [0, 0.1) is 0 Å². The fourth-order valence-corrected chi connectivity index (χ4v) is 3.68. The molecule has 7 nitrogen and oxygen atoms in total. The number of halogens is 1. The van der Waals surface area contributed by atoms with Crippen molar-refractivity contribution in [2.24, 2.45) is 0 Å². The SMILES string of the molecule is C=CCOc1cc(Cl)c(CN2CCN(c3ccc4nccn4n3)CC2)cc1OC. The first-order valence-corrected chi connectivity index (χ1v) is 9.93. The van der Waals surface area contributed by atoms with Crippen LogP contribution in [0.5, 0.6) is 11.5 Å². The molecule has 8 heteroatoms. The van der Waals surface area contributed by atoms with Crippen molar-refractivity contribution in [1.29, 1.82) is 0 Å². The molecule has 1 aliphatic heterocycles. The molecule has 0 unspecified atom stereocenters. The summed E-state index contributed by atoms with van der Waals surface area (Å²) in [7, 11) is 1.64. The molecule has 1 aromatic carbocycles. The van der Waals surface area contributed by atoms with Crippen LogP contribution in [0.4, 0.5) is 5.82 Å². The van der Waals surface area contributed by atoms with E-state index in [2.05, 4.69) is 26.5 Å². The van der Waals surface area contributed by atoms with Gasteiger partial charge in [-0.25, -0.2) is 9.50 Å². The number of piperazine rings is 1. The van der Waals surface area contributed by atoms with Gasteiger partial charge in [0.1, 0.15) is 12.4 Å². The zero-order valence-corrected chi connectivity index (χ0v) is 17.2. The van der Waals surface area contributed by atoms with Gasteiger partial charge in [0.2, 0.25) is 0 Å². The highest BCUT2D eigenvalue weighted by molar-refractivity contribution is 6.31. The van der Waals surface area contributed by atoms with Gasteiger partial charge in [-0.1, -0.05) is 24.3 Å². The number of anilines is 1. The van der Waals surface area contributed by atoms with Gasteiger partial charge in [0.25, 0.3) is 0 Å². The Kier molecular flexibility index (Phi) is 5.87. The zero-order chi connectivity index (χ0) is 20.2. The third-order valence-corrected chi connectivity index (χ3v) is 5.37. The lowest BCUT2D eigenvalue weighted by molar-refractivity contribution is 0.248. The first-order valence-electron chi connectivity index (χ1n) is 9.55. The first kappa shape index (κ1) is 19.5. The van der Waals surface area contributed by atoms with E-state index < -0.39 is 0 Å². The van der Waals surface area contributed by atoms with E-state index in [-0.39, 0.29) is 0 Å². The van der Waals surface area contributed by atoms with Crippen LogP contribution in [0.1, 0.15) is 5.56 Å². The Morgan fingerprint density at radius 3 is 2.76 bits per heavy atom. The van der Waals surface area contributed by atoms with E-state index in [0.717, 1.165) is 49.8 Å². The second-order valence-electron chi connectivity index (χ2n) is 6.88. The van der Waals surface area contributed by atoms with Crippen LogP contribution in [-0.2, 0) is 6.54 Å². The number of aromatic nitrogens is 3. The van der Waals surface area contributed by atoms with Gasteiger partial charge < -0.3 is 14.4 Å². The maximum Gasteiger partial charge on any atom is 0.163 e. The van der Waals surface area contributed by atoms with Crippen LogP contribution >= 0.6 is 11.6 Å². The summed E-state index contributed by atoms with van der Waals surface area (Å²) < 4.78 is 12.9. The van der Waals surface area contributed by atoms with Gasteiger partial charge in [-0.3, -0.25) is 4.90 Å². The number of ether oxygens (including phenoxy) is 2. The van der Waals surface area contributed by atoms with E-state index in [9.17, 15) is 0 Å². The Hall–Kier alpha value is -2.77. The molecule has 1 saturated heterocycles. The fraction of sp³-hybridized carbons (Fsp3) is 0.333. The zero-order valence-electron chi connectivity index (χ0n) is 16.4. The quantitative estimate of drug-likeness (QED) is 0.554. The summed E-state index contributed by atoms with van der Waals surface area (Å²) in [5.41, 5.74) is 1.89. The van der Waals surface area contributed by atoms with Crippen LogP contribution in [0.25, 0.3) is 5.65 Å². The van der Waals surface area contributed by atoms with Gasteiger partial charge in [-0.15, -0.1) is 5.10 Å². The largest absolute Gasteiger partial charge is 0.493 e. The summed E-state index contributed by atoms with van der Waals surface area (Å²) in [6.07, 6.45) is 5.32. The minimum Gasteiger partial charge on any atom is -0.493 e. The van der Waals surface area contributed by atoms with Gasteiger partial charge in [0.05, 0.1) is 7.11 Å². The summed E-state index contributed by atoms with van der Waals surface area (Å²) in [6, 6.07) is 7.81. The van der Waals surface area contributed by atoms with E-state index in [0.29, 0.717) is 23.1 Å². The fourth-order valence-electron chi connectivity index (χ4n) is 3.47. The number of fused-ring (bicyclic) bond motifs is 1. The molecule has 0 aliphatic carbocycles. The number of hydrogen-bond donors (Lipinski definition) is 0. The number of hydrogen-bond acceptors (Lipinski definition) is 6. The third-order valence-electron chi connectivity index (χ3n) is 5.02. The topological polar surface area (TPSA) is 55.1 Å². The highest BCUT2D eigenvalue weighted by Crippen LogP contribution is 2.34. The molecule has 3 heterocycles. The average molecular weight is 414 g/mol. The summed E-state index contributed by atoms with van der Waals surface area (Å²) >= 11 is 6.51. The molecule has 29 heavy (non-hydrogen) atoms. The van der Waals surface area contributed by atoms with Crippen LogP contribution in [0.3, 0.4) is 0 Å². The van der Waals surface area contributed by atoms with E-state index in [1.54, 1.807) is 19.4 Å². The van der Waals surface area contributed by atoms with Crippen molar-refractivity contribution in [3.63, 3.8) is 0 Å². The van der Waals surface area contributed by atoms with Crippen LogP contribution in [0.2, 0.25) is 5.02 Å². The molecular weight excluding hydrogens is 390 g/mol. The molecule has 0 saturated carbocycles. The van der Waals surface area contributed by atoms with Crippen molar-refractivity contribution in [3.8, 4) is 11.5 Å². The molecule has 1 aliphatic rings. The molecule has 0 atom stereocenters. The average Bonchev–Trinajstić information content (AvgIpc) is 3.22. The Morgan fingerprint density at radius 2 is 2.00 bits per heavy atom. The smallest absolute Gasteiger partial charge is 0.163 e. The van der Waals surface area contributed by atoms with Crippen molar-refractivity contribution >= 4 is 23.1 Å². The molecule has 3 aromatic rings. The van der Waals surface area contributed by atoms with Gasteiger partial charge >= 0.3 is 0 Å². The van der Waals surface area contributed by atoms with Crippen LogP contribution in [0.15, 0.2) is 49.3 Å². The highest BCUT2D eigenvalue weighted by atomic mass is 35.5.